The summed E-state index contributed by atoms with van der Waals surface area (Å²) in [6, 6.07) is 0. The van der Waals surface area contributed by atoms with Crippen LogP contribution in [0, 0.1) is 0 Å². The van der Waals surface area contributed by atoms with Gasteiger partial charge >= 0.3 is 7.82 Å². The molecule has 0 aromatic carbocycles. The maximum absolute atomic E-state index is 11.4. The van der Waals surface area contributed by atoms with Crippen molar-refractivity contribution in [2.45, 2.75) is 32.6 Å². The predicted molar refractivity (Wildman–Crippen MR) is 68.8 cm³/mol. The zero-order valence-electron chi connectivity index (χ0n) is 11.5. The number of unbranched alkanes of at least 4 members (excludes halogenated alkanes) is 3. The smallest absolute Gasteiger partial charge is 0.329 e. The second kappa shape index (κ2) is 8.22. The van der Waals surface area contributed by atoms with Crippen molar-refractivity contribution in [2.24, 2.45) is 0 Å². The van der Waals surface area contributed by atoms with Gasteiger partial charge in [-0.3, -0.25) is 9.05 Å². The Morgan fingerprint density at radius 1 is 1.06 bits per heavy atom. The fourth-order valence-corrected chi connectivity index (χ4v) is 1.92. The molecule has 5 nitrogen and oxygen atoms in total. The Morgan fingerprint density at radius 2 is 1.65 bits per heavy atom. The molecule has 17 heavy (non-hydrogen) atoms. The van der Waals surface area contributed by atoms with Crippen molar-refractivity contribution in [1.82, 2.24) is 0 Å². The van der Waals surface area contributed by atoms with Crippen LogP contribution in [-0.2, 0) is 13.6 Å². The Labute approximate surface area is 105 Å². The molecule has 0 spiro atoms. The van der Waals surface area contributed by atoms with Crippen LogP contribution in [0.3, 0.4) is 0 Å². The second-order valence-electron chi connectivity index (χ2n) is 5.21. The quantitative estimate of drug-likeness (QED) is 0.375. The van der Waals surface area contributed by atoms with E-state index in [2.05, 4.69) is 6.92 Å². The van der Waals surface area contributed by atoms with Crippen LogP contribution in [0.2, 0.25) is 0 Å². The summed E-state index contributed by atoms with van der Waals surface area (Å²) in [4.78, 5) is 9.37. The largest absolute Gasteiger partial charge is 0.472 e. The molecule has 0 bridgehead atoms. The lowest BCUT2D eigenvalue weighted by atomic mass is 10.2. The Bertz CT molecular complexity index is 240. The summed E-state index contributed by atoms with van der Waals surface area (Å²) in [6.45, 7) is 3.31. The lowest BCUT2D eigenvalue weighted by Crippen LogP contribution is -2.37. The molecule has 1 unspecified atom stereocenters. The Hall–Kier alpha value is 0.0700. The molecule has 0 saturated carbocycles. The van der Waals surface area contributed by atoms with Crippen molar-refractivity contribution in [1.29, 1.82) is 0 Å². The van der Waals surface area contributed by atoms with Crippen LogP contribution in [0.15, 0.2) is 0 Å². The highest BCUT2D eigenvalue weighted by molar-refractivity contribution is 7.47. The average Bonchev–Trinajstić information content (AvgIpc) is 2.14. The van der Waals surface area contributed by atoms with E-state index in [4.69, 9.17) is 9.05 Å². The van der Waals surface area contributed by atoms with E-state index in [-0.39, 0.29) is 13.2 Å². The van der Waals surface area contributed by atoms with E-state index < -0.39 is 7.82 Å². The normalized spacial score (nSPS) is 15.8. The highest BCUT2D eigenvalue weighted by Crippen LogP contribution is 2.43. The van der Waals surface area contributed by atoms with Gasteiger partial charge in [0.15, 0.2) is 0 Å². The number of phosphoric acid groups is 1. The van der Waals surface area contributed by atoms with Crippen LogP contribution in [0.5, 0.6) is 0 Å². The van der Waals surface area contributed by atoms with Crippen LogP contribution < -0.4 is 0 Å². The van der Waals surface area contributed by atoms with Gasteiger partial charge in [-0.05, 0) is 6.42 Å². The van der Waals surface area contributed by atoms with Crippen molar-refractivity contribution in [3.05, 3.63) is 0 Å². The summed E-state index contributed by atoms with van der Waals surface area (Å²) in [5.74, 6) is 0. The minimum absolute atomic E-state index is 0.228. The first kappa shape index (κ1) is 17.1. The van der Waals surface area contributed by atoms with Crippen molar-refractivity contribution >= 4 is 7.82 Å². The highest BCUT2D eigenvalue weighted by atomic mass is 31.2. The third-order valence-electron chi connectivity index (χ3n) is 2.27. The average molecular weight is 268 g/mol. The molecule has 1 atom stereocenters. The number of nitrogens with zero attached hydrogens (tertiary/aromatic N) is 1. The second-order valence-corrected chi connectivity index (χ2v) is 6.66. The van der Waals surface area contributed by atoms with Crippen LogP contribution >= 0.6 is 7.82 Å². The van der Waals surface area contributed by atoms with Gasteiger partial charge < -0.3 is 9.38 Å². The number of rotatable bonds is 10. The molecule has 0 aliphatic heterocycles. The Morgan fingerprint density at radius 3 is 2.18 bits per heavy atom. The van der Waals surface area contributed by atoms with E-state index in [9.17, 15) is 9.46 Å². The van der Waals surface area contributed by atoms with Crippen molar-refractivity contribution in [2.75, 3.05) is 40.9 Å². The molecule has 1 N–H and O–H groups in total. The molecule has 0 rings (SSSR count). The topological polar surface area (TPSA) is 55.8 Å². The van der Waals surface area contributed by atoms with Gasteiger partial charge in [0.2, 0.25) is 0 Å². The number of likely N-dealkylation sites (N-methyl/N-ethyl adjacent to an activating group) is 1. The summed E-state index contributed by atoms with van der Waals surface area (Å²) >= 11 is 0. The Balaban J connectivity index is 3.62. The van der Waals surface area contributed by atoms with Gasteiger partial charge in [-0.2, -0.15) is 0 Å². The van der Waals surface area contributed by atoms with Crippen LogP contribution in [0.25, 0.3) is 0 Å². The highest BCUT2D eigenvalue weighted by Gasteiger charge is 2.21. The maximum atomic E-state index is 11.4. The monoisotopic (exact) mass is 268 g/mol. The zero-order valence-corrected chi connectivity index (χ0v) is 12.4. The molecule has 0 aromatic rings. The van der Waals surface area contributed by atoms with Crippen molar-refractivity contribution < 1.29 is 23.0 Å². The molecule has 6 heteroatoms. The molecule has 0 heterocycles. The SMILES string of the molecule is CCCCCCOP(=O)(O)OCC[N+](C)(C)C. The molecule has 0 saturated heterocycles. The minimum atomic E-state index is -3.84. The van der Waals surface area contributed by atoms with Gasteiger partial charge in [0.05, 0.1) is 27.7 Å². The number of hydrogen-bond donors (Lipinski definition) is 1. The molecule has 0 amide bonds. The fourth-order valence-electron chi connectivity index (χ4n) is 1.18. The van der Waals surface area contributed by atoms with E-state index in [1.165, 1.54) is 0 Å². The van der Waals surface area contributed by atoms with E-state index in [0.29, 0.717) is 11.0 Å². The first-order chi connectivity index (χ1) is 7.77. The first-order valence-corrected chi connectivity index (χ1v) is 7.69. The van der Waals surface area contributed by atoms with E-state index >= 15 is 0 Å². The molecule has 0 aromatic heterocycles. The van der Waals surface area contributed by atoms with Gasteiger partial charge in [-0.25, -0.2) is 4.57 Å². The number of quaternary nitrogens is 1. The molecule has 0 fully saturated rings. The van der Waals surface area contributed by atoms with Crippen LogP contribution in [0.1, 0.15) is 32.6 Å². The summed E-state index contributed by atoms with van der Waals surface area (Å²) in [7, 11) is 2.15. The van der Waals surface area contributed by atoms with Crippen LogP contribution in [0.4, 0.5) is 0 Å². The molecular formula is C11H27NO4P+. The van der Waals surface area contributed by atoms with Gasteiger partial charge in [0.25, 0.3) is 0 Å². The molecule has 0 aliphatic carbocycles. The molecule has 0 aliphatic rings. The summed E-state index contributed by atoms with van der Waals surface area (Å²) in [5, 5.41) is 0. The minimum Gasteiger partial charge on any atom is -0.329 e. The molecule has 0 radical (unpaired) electrons. The molecular weight excluding hydrogens is 241 g/mol. The standard InChI is InChI=1S/C11H26NO4P/c1-5-6-7-8-10-15-17(13,14)16-11-9-12(2,3)4/h5-11H2,1-4H3/p+1. The van der Waals surface area contributed by atoms with E-state index in [0.717, 1.165) is 25.7 Å². The van der Waals surface area contributed by atoms with Crippen molar-refractivity contribution in [3.8, 4) is 0 Å². The molecule has 104 valence electrons. The number of hydrogen-bond acceptors (Lipinski definition) is 3. The third-order valence-corrected chi connectivity index (χ3v) is 3.29. The van der Waals surface area contributed by atoms with Gasteiger partial charge in [0, 0.05) is 0 Å². The Kier molecular flexibility index (Phi) is 8.25. The summed E-state index contributed by atoms with van der Waals surface area (Å²) in [5.41, 5.74) is 0. The fraction of sp³-hybridized carbons (Fsp3) is 1.00. The maximum Gasteiger partial charge on any atom is 0.472 e. The number of phosphoric ester groups is 1. The predicted octanol–water partition coefficient (Wildman–Crippen LogP) is 2.41. The summed E-state index contributed by atoms with van der Waals surface area (Å²) in [6.07, 6.45) is 4.09. The van der Waals surface area contributed by atoms with Crippen LogP contribution in [-0.4, -0.2) is 50.3 Å². The first-order valence-electron chi connectivity index (χ1n) is 6.19. The van der Waals surface area contributed by atoms with Gasteiger partial charge in [0.1, 0.15) is 13.2 Å². The van der Waals surface area contributed by atoms with E-state index in [1.54, 1.807) is 0 Å². The van der Waals surface area contributed by atoms with Gasteiger partial charge in [-0.1, -0.05) is 26.2 Å². The van der Waals surface area contributed by atoms with Gasteiger partial charge in [-0.15, -0.1) is 0 Å². The third kappa shape index (κ3) is 12.3. The van der Waals surface area contributed by atoms with E-state index in [1.807, 2.05) is 21.1 Å². The zero-order chi connectivity index (χ0) is 13.4. The van der Waals surface area contributed by atoms with Crippen molar-refractivity contribution in [3.63, 3.8) is 0 Å². The lowest BCUT2D eigenvalue weighted by Gasteiger charge is -2.24. The lowest BCUT2D eigenvalue weighted by molar-refractivity contribution is -0.870. The summed E-state index contributed by atoms with van der Waals surface area (Å²) < 4.78 is 21.9.